The maximum atomic E-state index is 6.11. The monoisotopic (exact) mass is 234 g/mol. The molecule has 0 unspecified atom stereocenters. The average Bonchev–Trinajstić information content (AvgIpc) is 2.17. The minimum Gasteiger partial charge on any atom is -0.544 e. The Labute approximate surface area is 100 Å². The van der Waals surface area contributed by atoms with Crippen LogP contribution in [0.25, 0.3) is 5.76 Å². The molecule has 2 heteroatoms. The Bertz CT molecular complexity index is 400. The number of allylic oxidation sites excluding steroid dienone is 1. The molecule has 0 saturated heterocycles. The first-order chi connectivity index (χ1) is 7.33. The highest BCUT2D eigenvalue weighted by Gasteiger charge is 2.19. The van der Waals surface area contributed by atoms with Crippen LogP contribution in [-0.2, 0) is 4.43 Å². The zero-order valence-corrected chi connectivity index (χ0v) is 12.2. The molecular weight excluding hydrogens is 212 g/mol. The van der Waals surface area contributed by atoms with Crippen molar-refractivity contribution in [1.82, 2.24) is 0 Å². The smallest absolute Gasteiger partial charge is 0.242 e. The Morgan fingerprint density at radius 2 is 1.81 bits per heavy atom. The summed E-state index contributed by atoms with van der Waals surface area (Å²) in [6.45, 7) is 12.9. The molecular formula is C14H22OSi. The highest BCUT2D eigenvalue weighted by atomic mass is 28.4. The van der Waals surface area contributed by atoms with Crippen LogP contribution in [0.5, 0.6) is 0 Å². The molecule has 16 heavy (non-hydrogen) atoms. The van der Waals surface area contributed by atoms with E-state index < -0.39 is 8.32 Å². The zero-order valence-electron chi connectivity index (χ0n) is 11.2. The lowest BCUT2D eigenvalue weighted by atomic mass is 10.0. The van der Waals surface area contributed by atoms with Gasteiger partial charge in [-0.05, 0) is 58.1 Å². The van der Waals surface area contributed by atoms with Crippen LogP contribution in [0.2, 0.25) is 19.6 Å². The van der Waals surface area contributed by atoms with Gasteiger partial charge < -0.3 is 4.43 Å². The molecule has 0 saturated carbocycles. The molecule has 0 heterocycles. The van der Waals surface area contributed by atoms with Gasteiger partial charge in [-0.3, -0.25) is 0 Å². The van der Waals surface area contributed by atoms with Gasteiger partial charge in [-0.25, -0.2) is 0 Å². The first-order valence-corrected chi connectivity index (χ1v) is 9.17. The fraction of sp³-hybridized carbons (Fsp3) is 0.429. The second-order valence-electron chi connectivity index (χ2n) is 5.19. The summed E-state index contributed by atoms with van der Waals surface area (Å²) in [7, 11) is -1.53. The molecule has 0 radical (unpaired) electrons. The summed E-state index contributed by atoms with van der Waals surface area (Å²) in [6.07, 6.45) is 2.07. The topological polar surface area (TPSA) is 9.23 Å². The molecule has 1 aromatic rings. The van der Waals surface area contributed by atoms with Gasteiger partial charge in [0.1, 0.15) is 5.76 Å². The third-order valence-corrected chi connectivity index (χ3v) is 3.17. The van der Waals surface area contributed by atoms with Gasteiger partial charge in [0, 0.05) is 5.56 Å². The summed E-state index contributed by atoms with van der Waals surface area (Å²) < 4.78 is 6.11. The van der Waals surface area contributed by atoms with Gasteiger partial charge in [-0.15, -0.1) is 0 Å². The molecule has 0 spiro atoms. The van der Waals surface area contributed by atoms with Gasteiger partial charge >= 0.3 is 0 Å². The van der Waals surface area contributed by atoms with Crippen LogP contribution in [0, 0.1) is 13.8 Å². The van der Waals surface area contributed by atoms with Crippen molar-refractivity contribution >= 4 is 14.1 Å². The Kier molecular flexibility index (Phi) is 3.97. The van der Waals surface area contributed by atoms with Gasteiger partial charge in [-0.1, -0.05) is 17.7 Å². The van der Waals surface area contributed by atoms with Gasteiger partial charge in [-0.2, -0.15) is 0 Å². The first-order valence-electron chi connectivity index (χ1n) is 5.76. The van der Waals surface area contributed by atoms with E-state index in [9.17, 15) is 0 Å². The molecule has 0 aliphatic carbocycles. The van der Waals surface area contributed by atoms with Gasteiger partial charge in [0.2, 0.25) is 8.32 Å². The molecule has 0 fully saturated rings. The van der Waals surface area contributed by atoms with Crippen molar-refractivity contribution in [3.8, 4) is 0 Å². The summed E-state index contributed by atoms with van der Waals surface area (Å²) >= 11 is 0. The predicted octanol–water partition coefficient (Wildman–Crippen LogP) is 4.52. The van der Waals surface area contributed by atoms with Crippen molar-refractivity contribution in [2.45, 2.75) is 40.4 Å². The standard InChI is InChI=1S/C14H22OSi/c1-7-14(15-16(4,5)6)13-10-11(2)8-9-12(13)3/h7-10H,1-6H3/b14-7-. The van der Waals surface area contributed by atoms with Crippen molar-refractivity contribution in [3.05, 3.63) is 41.0 Å². The van der Waals surface area contributed by atoms with Crippen LogP contribution in [0.1, 0.15) is 23.6 Å². The second-order valence-corrected chi connectivity index (χ2v) is 9.61. The molecule has 0 bridgehead atoms. The summed E-state index contributed by atoms with van der Waals surface area (Å²) in [5.74, 6) is 1.03. The quantitative estimate of drug-likeness (QED) is 0.552. The van der Waals surface area contributed by atoms with E-state index in [-0.39, 0.29) is 0 Å². The Balaban J connectivity index is 3.10. The van der Waals surface area contributed by atoms with Crippen LogP contribution in [0.15, 0.2) is 24.3 Å². The number of hydrogen-bond donors (Lipinski definition) is 0. The van der Waals surface area contributed by atoms with Crippen molar-refractivity contribution in [2.75, 3.05) is 0 Å². The van der Waals surface area contributed by atoms with Crippen LogP contribution in [0.4, 0.5) is 0 Å². The predicted molar refractivity (Wildman–Crippen MR) is 74.0 cm³/mol. The van der Waals surface area contributed by atoms with Crippen LogP contribution >= 0.6 is 0 Å². The van der Waals surface area contributed by atoms with Crippen molar-refractivity contribution < 1.29 is 4.43 Å². The third-order valence-electron chi connectivity index (χ3n) is 2.34. The van der Waals surface area contributed by atoms with E-state index in [0.29, 0.717) is 0 Å². The fourth-order valence-corrected chi connectivity index (χ4v) is 2.49. The second kappa shape index (κ2) is 4.87. The Morgan fingerprint density at radius 1 is 1.19 bits per heavy atom. The van der Waals surface area contributed by atoms with Crippen molar-refractivity contribution in [1.29, 1.82) is 0 Å². The van der Waals surface area contributed by atoms with Crippen molar-refractivity contribution in [2.24, 2.45) is 0 Å². The van der Waals surface area contributed by atoms with E-state index in [1.165, 1.54) is 16.7 Å². The molecule has 1 rings (SSSR count). The molecule has 0 aromatic heterocycles. The van der Waals surface area contributed by atoms with E-state index in [4.69, 9.17) is 4.43 Å². The van der Waals surface area contributed by atoms with Crippen molar-refractivity contribution in [3.63, 3.8) is 0 Å². The minimum atomic E-state index is -1.53. The normalized spacial score (nSPS) is 12.8. The zero-order chi connectivity index (χ0) is 12.3. The Hall–Kier alpha value is -1.02. The van der Waals surface area contributed by atoms with Gasteiger partial charge in [0.05, 0.1) is 0 Å². The molecule has 0 N–H and O–H groups in total. The molecule has 0 aliphatic heterocycles. The van der Waals surface area contributed by atoms with E-state index in [0.717, 1.165) is 5.76 Å². The lowest BCUT2D eigenvalue weighted by molar-refractivity contribution is 0.513. The number of rotatable bonds is 3. The molecule has 0 aliphatic rings. The maximum absolute atomic E-state index is 6.11. The fourth-order valence-electron chi connectivity index (χ4n) is 1.60. The Morgan fingerprint density at radius 3 is 2.31 bits per heavy atom. The van der Waals surface area contributed by atoms with E-state index >= 15 is 0 Å². The molecule has 1 aromatic carbocycles. The largest absolute Gasteiger partial charge is 0.544 e. The van der Waals surface area contributed by atoms with Gasteiger partial charge in [0.15, 0.2) is 0 Å². The summed E-state index contributed by atoms with van der Waals surface area (Å²) in [5.41, 5.74) is 3.78. The lowest BCUT2D eigenvalue weighted by Gasteiger charge is -2.23. The first kappa shape index (κ1) is 13.0. The summed E-state index contributed by atoms with van der Waals surface area (Å²) in [5, 5.41) is 0. The van der Waals surface area contributed by atoms with E-state index in [1.54, 1.807) is 0 Å². The molecule has 0 atom stereocenters. The number of aryl methyl sites for hydroxylation is 2. The highest BCUT2D eigenvalue weighted by molar-refractivity contribution is 6.70. The minimum absolute atomic E-state index is 1.03. The van der Waals surface area contributed by atoms with Crippen LogP contribution in [0.3, 0.4) is 0 Å². The molecule has 88 valence electrons. The third kappa shape index (κ3) is 3.53. The molecule has 0 amide bonds. The van der Waals surface area contributed by atoms with Crippen LogP contribution in [-0.4, -0.2) is 8.32 Å². The van der Waals surface area contributed by atoms with E-state index in [1.807, 2.05) is 6.92 Å². The average molecular weight is 234 g/mol. The van der Waals surface area contributed by atoms with Gasteiger partial charge in [0.25, 0.3) is 0 Å². The highest BCUT2D eigenvalue weighted by Crippen LogP contribution is 2.24. The van der Waals surface area contributed by atoms with E-state index in [2.05, 4.69) is 57.8 Å². The molecule has 1 nitrogen and oxygen atoms in total. The lowest BCUT2D eigenvalue weighted by Crippen LogP contribution is -2.24. The maximum Gasteiger partial charge on any atom is 0.242 e. The van der Waals surface area contributed by atoms with Crippen LogP contribution < -0.4 is 0 Å². The SMILES string of the molecule is C/C=C(\O[Si](C)(C)C)c1cc(C)ccc1C. The summed E-state index contributed by atoms with van der Waals surface area (Å²) in [4.78, 5) is 0. The summed E-state index contributed by atoms with van der Waals surface area (Å²) in [6, 6.07) is 6.49. The number of benzene rings is 1. The number of hydrogen-bond acceptors (Lipinski definition) is 1.